The highest BCUT2D eigenvalue weighted by atomic mass is 32.1. The Bertz CT molecular complexity index is 748. The number of benzene rings is 1. The van der Waals surface area contributed by atoms with Crippen LogP contribution in [0.25, 0.3) is 11.4 Å². The van der Waals surface area contributed by atoms with Gasteiger partial charge in [-0.3, -0.25) is 4.79 Å². The number of thiophene rings is 1. The van der Waals surface area contributed by atoms with Crippen molar-refractivity contribution < 1.29 is 14.1 Å². The Morgan fingerprint density at radius 1 is 1.27 bits per heavy atom. The maximum absolute atomic E-state index is 11.8. The second-order valence-electron chi connectivity index (χ2n) is 4.77. The summed E-state index contributed by atoms with van der Waals surface area (Å²) in [6.07, 6.45) is 1.06. The van der Waals surface area contributed by atoms with E-state index in [0.717, 1.165) is 11.1 Å². The number of nitrogens with zero attached hydrogens (tertiary/aromatic N) is 2. The van der Waals surface area contributed by atoms with Crippen LogP contribution in [0, 0.1) is 6.92 Å². The van der Waals surface area contributed by atoms with Crippen LogP contribution in [0.3, 0.4) is 0 Å². The van der Waals surface area contributed by atoms with Crippen molar-refractivity contribution in [3.05, 3.63) is 52.5 Å². The molecule has 0 atom stereocenters. The highest BCUT2D eigenvalue weighted by molar-refractivity contribution is 7.07. The highest BCUT2D eigenvalue weighted by Gasteiger charge is 2.08. The SMILES string of the molecule is Cc1nc(-c2ccc(OC(=O)CCc3ccsc3)cc2)no1. The van der Waals surface area contributed by atoms with Crippen LogP contribution in [0.1, 0.15) is 17.9 Å². The molecule has 2 heterocycles. The molecule has 0 aliphatic carbocycles. The number of hydrogen-bond acceptors (Lipinski definition) is 6. The topological polar surface area (TPSA) is 65.2 Å². The molecule has 0 aliphatic rings. The minimum absolute atomic E-state index is 0.241. The van der Waals surface area contributed by atoms with Crippen molar-refractivity contribution in [1.82, 2.24) is 10.1 Å². The van der Waals surface area contributed by atoms with Crippen LogP contribution in [0.4, 0.5) is 0 Å². The summed E-state index contributed by atoms with van der Waals surface area (Å²) in [5.41, 5.74) is 1.97. The molecule has 1 aromatic carbocycles. The van der Waals surface area contributed by atoms with Gasteiger partial charge in [0.25, 0.3) is 0 Å². The zero-order chi connectivity index (χ0) is 15.4. The largest absolute Gasteiger partial charge is 0.427 e. The Balaban J connectivity index is 1.57. The van der Waals surface area contributed by atoms with E-state index in [1.165, 1.54) is 0 Å². The first-order valence-electron chi connectivity index (χ1n) is 6.83. The van der Waals surface area contributed by atoms with E-state index in [2.05, 4.69) is 10.1 Å². The van der Waals surface area contributed by atoms with Gasteiger partial charge in [0, 0.05) is 12.5 Å². The predicted molar refractivity (Wildman–Crippen MR) is 82.7 cm³/mol. The smallest absolute Gasteiger partial charge is 0.311 e. The lowest BCUT2D eigenvalue weighted by atomic mass is 10.2. The minimum atomic E-state index is -0.241. The first-order valence-corrected chi connectivity index (χ1v) is 7.77. The number of carbonyl (C=O) groups excluding carboxylic acids is 1. The molecular weight excluding hydrogens is 300 g/mol. The Morgan fingerprint density at radius 2 is 2.09 bits per heavy atom. The van der Waals surface area contributed by atoms with Crippen molar-refractivity contribution >= 4 is 17.3 Å². The molecule has 0 saturated heterocycles. The molecule has 0 N–H and O–H groups in total. The molecule has 0 aliphatic heterocycles. The Labute approximate surface area is 131 Å². The van der Waals surface area contributed by atoms with Gasteiger partial charge < -0.3 is 9.26 Å². The maximum Gasteiger partial charge on any atom is 0.311 e. The zero-order valence-corrected chi connectivity index (χ0v) is 12.8. The number of esters is 1. The molecule has 0 amide bonds. The van der Waals surface area contributed by atoms with Crippen LogP contribution >= 0.6 is 11.3 Å². The van der Waals surface area contributed by atoms with E-state index in [1.54, 1.807) is 42.5 Å². The Kier molecular flexibility index (Phi) is 4.29. The summed E-state index contributed by atoms with van der Waals surface area (Å²) in [4.78, 5) is 16.0. The number of rotatable bonds is 5. The van der Waals surface area contributed by atoms with Crippen LogP contribution in [0.5, 0.6) is 5.75 Å². The molecule has 0 bridgehead atoms. The van der Waals surface area contributed by atoms with Crippen molar-refractivity contribution in [1.29, 1.82) is 0 Å². The molecule has 3 rings (SSSR count). The quantitative estimate of drug-likeness (QED) is 0.531. The van der Waals surface area contributed by atoms with Crippen molar-refractivity contribution in [2.75, 3.05) is 0 Å². The van der Waals surface area contributed by atoms with Gasteiger partial charge in [-0.2, -0.15) is 16.3 Å². The first kappa shape index (κ1) is 14.5. The van der Waals surface area contributed by atoms with Crippen molar-refractivity contribution in [3.8, 4) is 17.1 Å². The van der Waals surface area contributed by atoms with E-state index in [0.29, 0.717) is 30.3 Å². The lowest BCUT2D eigenvalue weighted by Gasteiger charge is -2.04. The predicted octanol–water partition coefficient (Wildman–Crippen LogP) is 3.64. The zero-order valence-electron chi connectivity index (χ0n) is 12.0. The molecule has 22 heavy (non-hydrogen) atoms. The van der Waals surface area contributed by atoms with Crippen LogP contribution in [0.15, 0.2) is 45.6 Å². The first-order chi connectivity index (χ1) is 10.7. The normalized spacial score (nSPS) is 10.6. The third-order valence-electron chi connectivity index (χ3n) is 3.07. The third kappa shape index (κ3) is 3.59. The number of hydrogen-bond donors (Lipinski definition) is 0. The highest BCUT2D eigenvalue weighted by Crippen LogP contribution is 2.20. The van der Waals surface area contributed by atoms with Gasteiger partial charge >= 0.3 is 5.97 Å². The monoisotopic (exact) mass is 314 g/mol. The van der Waals surface area contributed by atoms with Crippen LogP contribution < -0.4 is 4.74 Å². The fourth-order valence-corrected chi connectivity index (χ4v) is 2.66. The molecule has 2 aromatic heterocycles. The lowest BCUT2D eigenvalue weighted by molar-refractivity contribution is -0.134. The van der Waals surface area contributed by atoms with Gasteiger partial charge in [-0.05, 0) is 53.1 Å². The van der Waals surface area contributed by atoms with Gasteiger partial charge in [0.1, 0.15) is 5.75 Å². The third-order valence-corrected chi connectivity index (χ3v) is 3.80. The van der Waals surface area contributed by atoms with E-state index >= 15 is 0 Å². The molecule has 5 nitrogen and oxygen atoms in total. The van der Waals surface area contributed by atoms with Gasteiger partial charge in [0.05, 0.1) is 6.42 Å². The molecule has 0 saturated carbocycles. The Hall–Kier alpha value is -2.47. The van der Waals surface area contributed by atoms with Gasteiger partial charge in [-0.25, -0.2) is 0 Å². The molecule has 3 aromatic rings. The van der Waals surface area contributed by atoms with Crippen LogP contribution in [-0.4, -0.2) is 16.1 Å². The summed E-state index contributed by atoms with van der Waals surface area (Å²) in [6, 6.07) is 9.06. The summed E-state index contributed by atoms with van der Waals surface area (Å²) >= 11 is 1.62. The maximum atomic E-state index is 11.8. The average Bonchev–Trinajstić information content (AvgIpc) is 3.17. The van der Waals surface area contributed by atoms with Gasteiger partial charge in [0.2, 0.25) is 11.7 Å². The fourth-order valence-electron chi connectivity index (χ4n) is 1.95. The summed E-state index contributed by atoms with van der Waals surface area (Å²) in [7, 11) is 0. The molecule has 6 heteroatoms. The standard InChI is InChI=1S/C16H14N2O3S/c1-11-17-16(18-21-11)13-3-5-14(6-4-13)20-15(19)7-2-12-8-9-22-10-12/h3-6,8-10H,2,7H2,1H3. The van der Waals surface area contributed by atoms with Gasteiger partial charge in [-0.15, -0.1) is 0 Å². The second-order valence-corrected chi connectivity index (χ2v) is 5.55. The number of ether oxygens (including phenoxy) is 1. The minimum Gasteiger partial charge on any atom is -0.427 e. The number of aromatic nitrogens is 2. The van der Waals surface area contributed by atoms with E-state index in [1.807, 2.05) is 16.8 Å². The molecule has 0 spiro atoms. The fraction of sp³-hybridized carbons (Fsp3) is 0.188. The van der Waals surface area contributed by atoms with Crippen molar-refractivity contribution in [2.24, 2.45) is 0 Å². The molecule has 0 fully saturated rings. The van der Waals surface area contributed by atoms with Crippen molar-refractivity contribution in [3.63, 3.8) is 0 Å². The summed E-state index contributed by atoms with van der Waals surface area (Å²) in [6.45, 7) is 1.74. The van der Waals surface area contributed by atoms with Gasteiger partial charge in [0.15, 0.2) is 0 Å². The van der Waals surface area contributed by atoms with E-state index in [-0.39, 0.29) is 5.97 Å². The summed E-state index contributed by atoms with van der Waals surface area (Å²) in [5.74, 6) is 1.31. The van der Waals surface area contributed by atoms with Crippen LogP contribution in [0.2, 0.25) is 0 Å². The van der Waals surface area contributed by atoms with E-state index < -0.39 is 0 Å². The summed E-state index contributed by atoms with van der Waals surface area (Å²) in [5, 5.41) is 7.88. The van der Waals surface area contributed by atoms with Crippen molar-refractivity contribution in [2.45, 2.75) is 19.8 Å². The lowest BCUT2D eigenvalue weighted by Crippen LogP contribution is -2.08. The number of aryl methyl sites for hydroxylation is 2. The number of carbonyl (C=O) groups is 1. The summed E-state index contributed by atoms with van der Waals surface area (Å²) < 4.78 is 10.2. The second kappa shape index (κ2) is 6.53. The molecular formula is C16H14N2O3S. The molecule has 0 unspecified atom stereocenters. The average molecular weight is 314 g/mol. The van der Waals surface area contributed by atoms with E-state index in [4.69, 9.17) is 9.26 Å². The van der Waals surface area contributed by atoms with Gasteiger partial charge in [-0.1, -0.05) is 5.16 Å². The Morgan fingerprint density at radius 3 is 2.73 bits per heavy atom. The van der Waals surface area contributed by atoms with Crippen LogP contribution in [-0.2, 0) is 11.2 Å². The van der Waals surface area contributed by atoms with E-state index in [9.17, 15) is 4.79 Å². The molecule has 112 valence electrons. The molecule has 0 radical (unpaired) electrons.